The lowest BCUT2D eigenvalue weighted by molar-refractivity contribution is 0.0698. The van der Waals surface area contributed by atoms with Crippen LogP contribution in [0.1, 0.15) is 21.0 Å². The van der Waals surface area contributed by atoms with E-state index in [-0.39, 0.29) is 28.7 Å². The van der Waals surface area contributed by atoms with E-state index in [0.717, 1.165) is 0 Å². The molecular weight excluding hydrogens is 324 g/mol. The van der Waals surface area contributed by atoms with E-state index in [1.54, 1.807) is 24.3 Å². The smallest absolute Gasteiger partial charge is 0.336 e. The van der Waals surface area contributed by atoms with Crippen molar-refractivity contribution in [1.29, 1.82) is 0 Å². The summed E-state index contributed by atoms with van der Waals surface area (Å²) in [5.74, 6) is -2.04. The van der Waals surface area contributed by atoms with E-state index < -0.39 is 11.9 Å². The van der Waals surface area contributed by atoms with Gasteiger partial charge in [-0.1, -0.05) is 29.4 Å². The third-order valence-corrected chi connectivity index (χ3v) is 3.26. The molecule has 0 aliphatic rings. The Morgan fingerprint density at radius 1 is 1.16 bits per heavy atom. The number of benzene rings is 2. The van der Waals surface area contributed by atoms with Crippen LogP contribution in [0.15, 0.2) is 53.1 Å². The lowest BCUT2D eigenvalue weighted by atomic mass is 10.1. The summed E-state index contributed by atoms with van der Waals surface area (Å²) >= 11 is 0. The molecule has 8 heteroatoms. The molecule has 3 rings (SSSR count). The van der Waals surface area contributed by atoms with E-state index in [1.165, 1.54) is 18.2 Å². The molecule has 1 amide bonds. The van der Waals surface area contributed by atoms with Crippen molar-refractivity contribution in [3.8, 4) is 11.5 Å². The molecule has 0 fully saturated rings. The SMILES string of the molecule is [C-]#[N+]c1ccc(NC(=O)c2noc(-c3ccccc3)n2)c(C(=O)O)c1. The summed E-state index contributed by atoms with van der Waals surface area (Å²) < 4.78 is 5.05. The Labute approximate surface area is 141 Å². The first-order valence-corrected chi connectivity index (χ1v) is 7.04. The topological polar surface area (TPSA) is 110 Å². The molecule has 2 N–H and O–H groups in total. The molecular formula is C17H10N4O4. The van der Waals surface area contributed by atoms with Crippen molar-refractivity contribution in [3.63, 3.8) is 0 Å². The summed E-state index contributed by atoms with van der Waals surface area (Å²) in [4.78, 5) is 30.7. The van der Waals surface area contributed by atoms with E-state index in [1.807, 2.05) is 6.07 Å². The standard InChI is InChI=1S/C17H10N4O4/c1-18-11-7-8-13(12(9-11)17(23)24)19-15(22)14-20-16(25-21-14)10-5-3-2-4-6-10/h2-9H,(H,19,22)(H,23,24). The number of carbonyl (C=O) groups excluding carboxylic acids is 1. The zero-order valence-corrected chi connectivity index (χ0v) is 12.6. The molecule has 122 valence electrons. The number of anilines is 1. The third kappa shape index (κ3) is 3.35. The van der Waals surface area contributed by atoms with Crippen LogP contribution in [0.3, 0.4) is 0 Å². The van der Waals surface area contributed by atoms with Crippen molar-refractivity contribution in [2.45, 2.75) is 0 Å². The quantitative estimate of drug-likeness (QED) is 0.709. The number of nitrogens with zero attached hydrogens (tertiary/aromatic N) is 3. The molecule has 0 aliphatic heterocycles. The van der Waals surface area contributed by atoms with Crippen LogP contribution in [0.2, 0.25) is 0 Å². The van der Waals surface area contributed by atoms with Crippen molar-refractivity contribution in [2.75, 3.05) is 5.32 Å². The van der Waals surface area contributed by atoms with Gasteiger partial charge in [0, 0.05) is 5.56 Å². The van der Waals surface area contributed by atoms with Crippen molar-refractivity contribution in [1.82, 2.24) is 10.1 Å². The monoisotopic (exact) mass is 334 g/mol. The maximum absolute atomic E-state index is 12.2. The molecule has 1 aromatic heterocycles. The van der Waals surface area contributed by atoms with Crippen LogP contribution in [0, 0.1) is 6.57 Å². The first-order valence-electron chi connectivity index (χ1n) is 7.04. The molecule has 0 radical (unpaired) electrons. The van der Waals surface area contributed by atoms with Crippen molar-refractivity contribution >= 4 is 23.3 Å². The number of aromatic nitrogens is 2. The highest BCUT2D eigenvalue weighted by atomic mass is 16.5. The van der Waals surface area contributed by atoms with Crippen molar-refractivity contribution in [2.24, 2.45) is 0 Å². The average molecular weight is 334 g/mol. The van der Waals surface area contributed by atoms with Gasteiger partial charge in [0.1, 0.15) is 0 Å². The Hall–Kier alpha value is -3.99. The highest BCUT2D eigenvalue weighted by Crippen LogP contribution is 2.23. The number of rotatable bonds is 4. The van der Waals surface area contributed by atoms with Crippen LogP contribution in [0.25, 0.3) is 16.3 Å². The van der Waals surface area contributed by atoms with Gasteiger partial charge in [0.15, 0.2) is 5.69 Å². The first-order chi connectivity index (χ1) is 12.1. The average Bonchev–Trinajstić information content (AvgIpc) is 3.13. The second-order valence-corrected chi connectivity index (χ2v) is 4.89. The number of carboxylic acids is 1. The van der Waals surface area contributed by atoms with Gasteiger partial charge in [-0.2, -0.15) is 4.98 Å². The molecule has 0 unspecified atom stereocenters. The predicted molar refractivity (Wildman–Crippen MR) is 87.4 cm³/mol. The largest absolute Gasteiger partial charge is 0.478 e. The zero-order chi connectivity index (χ0) is 17.8. The van der Waals surface area contributed by atoms with Crippen LogP contribution in [0.4, 0.5) is 11.4 Å². The predicted octanol–water partition coefficient (Wildman–Crippen LogP) is 3.24. The second-order valence-electron chi connectivity index (χ2n) is 4.89. The molecule has 1 heterocycles. The summed E-state index contributed by atoms with van der Waals surface area (Å²) in [6.45, 7) is 6.92. The van der Waals surface area contributed by atoms with Gasteiger partial charge in [-0.15, -0.1) is 0 Å². The Bertz CT molecular complexity index is 989. The summed E-state index contributed by atoms with van der Waals surface area (Å²) in [5, 5.41) is 15.2. The highest BCUT2D eigenvalue weighted by Gasteiger charge is 2.19. The summed E-state index contributed by atoms with van der Waals surface area (Å²) in [7, 11) is 0. The number of carboxylic acid groups (broad SMARTS) is 1. The molecule has 0 bridgehead atoms. The maximum atomic E-state index is 12.2. The van der Waals surface area contributed by atoms with Gasteiger partial charge < -0.3 is 14.9 Å². The lowest BCUT2D eigenvalue weighted by Crippen LogP contribution is -2.16. The zero-order valence-electron chi connectivity index (χ0n) is 12.6. The van der Waals surface area contributed by atoms with Crippen LogP contribution >= 0.6 is 0 Å². The minimum Gasteiger partial charge on any atom is -0.478 e. The van der Waals surface area contributed by atoms with Crippen molar-refractivity contribution in [3.05, 3.63) is 71.3 Å². The Balaban J connectivity index is 1.85. The number of carbonyl (C=O) groups is 2. The Kier molecular flexibility index (Phi) is 4.22. The minimum absolute atomic E-state index is 0.0379. The number of amides is 1. The summed E-state index contributed by atoms with van der Waals surface area (Å²) in [6.07, 6.45) is 0. The third-order valence-electron chi connectivity index (χ3n) is 3.26. The molecule has 0 saturated heterocycles. The maximum Gasteiger partial charge on any atom is 0.336 e. The number of hydrogen-bond acceptors (Lipinski definition) is 5. The van der Waals surface area contributed by atoms with E-state index in [9.17, 15) is 14.7 Å². The van der Waals surface area contributed by atoms with Crippen LogP contribution < -0.4 is 5.32 Å². The fraction of sp³-hybridized carbons (Fsp3) is 0. The first kappa shape index (κ1) is 15.9. The Morgan fingerprint density at radius 2 is 1.92 bits per heavy atom. The molecule has 2 aromatic carbocycles. The number of hydrogen-bond donors (Lipinski definition) is 2. The van der Waals surface area contributed by atoms with Gasteiger partial charge in [-0.25, -0.2) is 9.64 Å². The fourth-order valence-electron chi connectivity index (χ4n) is 2.08. The molecule has 0 spiro atoms. The van der Waals surface area contributed by atoms with Crippen molar-refractivity contribution < 1.29 is 19.2 Å². The molecule has 0 atom stereocenters. The van der Waals surface area contributed by atoms with Crippen LogP contribution in [-0.2, 0) is 0 Å². The molecule has 0 aliphatic carbocycles. The molecule has 25 heavy (non-hydrogen) atoms. The van der Waals surface area contributed by atoms with Gasteiger partial charge in [0.05, 0.1) is 17.8 Å². The minimum atomic E-state index is -1.26. The fourth-order valence-corrected chi connectivity index (χ4v) is 2.08. The van der Waals surface area contributed by atoms with Gasteiger partial charge in [-0.3, -0.25) is 4.79 Å². The van der Waals surface area contributed by atoms with Gasteiger partial charge in [0.2, 0.25) is 0 Å². The summed E-state index contributed by atoms with van der Waals surface area (Å²) in [6, 6.07) is 12.8. The number of nitrogens with one attached hydrogen (secondary N) is 1. The van der Waals surface area contributed by atoms with E-state index >= 15 is 0 Å². The molecule has 8 nitrogen and oxygen atoms in total. The van der Waals surface area contributed by atoms with E-state index in [2.05, 4.69) is 20.3 Å². The van der Waals surface area contributed by atoms with Crippen LogP contribution in [0.5, 0.6) is 0 Å². The lowest BCUT2D eigenvalue weighted by Gasteiger charge is -2.06. The van der Waals surface area contributed by atoms with E-state index in [0.29, 0.717) is 5.56 Å². The molecule has 3 aromatic rings. The van der Waals surface area contributed by atoms with Gasteiger partial charge >= 0.3 is 5.97 Å². The van der Waals surface area contributed by atoms with E-state index in [4.69, 9.17) is 11.1 Å². The second kappa shape index (κ2) is 6.64. The summed E-state index contributed by atoms with van der Waals surface area (Å²) in [5.41, 5.74) is 0.646. The Morgan fingerprint density at radius 3 is 2.60 bits per heavy atom. The molecule has 0 saturated carbocycles. The van der Waals surface area contributed by atoms with Gasteiger partial charge in [0.25, 0.3) is 17.6 Å². The van der Waals surface area contributed by atoms with Crippen LogP contribution in [-0.4, -0.2) is 27.1 Å². The highest BCUT2D eigenvalue weighted by molar-refractivity contribution is 6.06. The number of aromatic carboxylic acids is 1. The van der Waals surface area contributed by atoms with Gasteiger partial charge in [-0.05, 0) is 24.3 Å². The normalized spacial score (nSPS) is 10.0.